The summed E-state index contributed by atoms with van der Waals surface area (Å²) in [6.07, 6.45) is 8.03. The normalized spacial score (nSPS) is 17.5. The van der Waals surface area contributed by atoms with E-state index in [0.717, 1.165) is 46.2 Å². The molecule has 148 valence electrons. The van der Waals surface area contributed by atoms with E-state index in [9.17, 15) is 4.79 Å². The Hall–Kier alpha value is -2.52. The highest BCUT2D eigenvalue weighted by molar-refractivity contribution is 8.04. The molecular weight excluding hydrogens is 378 g/mol. The van der Waals surface area contributed by atoms with Crippen molar-refractivity contribution in [1.29, 1.82) is 0 Å². The number of nitrogens with zero attached hydrogens (tertiary/aromatic N) is 4. The first-order valence-corrected chi connectivity index (χ1v) is 10.2. The molecule has 0 aliphatic carbocycles. The molecule has 0 atom stereocenters. The molecule has 1 N–H and O–H groups in total. The second-order valence-corrected chi connectivity index (χ2v) is 7.62. The van der Waals surface area contributed by atoms with Crippen LogP contribution in [0.5, 0.6) is 0 Å². The number of anilines is 1. The monoisotopic (exact) mass is 401 g/mol. The van der Waals surface area contributed by atoms with E-state index in [0.29, 0.717) is 26.3 Å². The summed E-state index contributed by atoms with van der Waals surface area (Å²) in [6.45, 7) is 3.13. The maximum atomic E-state index is 13.0. The summed E-state index contributed by atoms with van der Waals surface area (Å²) in [6, 6.07) is 1.96. The van der Waals surface area contributed by atoms with Crippen molar-refractivity contribution < 1.29 is 14.3 Å². The average Bonchev–Trinajstić information content (AvgIpc) is 3.23. The molecule has 9 heteroatoms. The van der Waals surface area contributed by atoms with Gasteiger partial charge in [0.1, 0.15) is 24.4 Å². The topological polar surface area (TPSA) is 83.6 Å². The number of fused-ring (bicyclic) bond motifs is 1. The second-order valence-electron chi connectivity index (χ2n) is 6.49. The zero-order valence-electron chi connectivity index (χ0n) is 15.8. The van der Waals surface area contributed by atoms with Crippen molar-refractivity contribution in [2.24, 2.45) is 0 Å². The number of nitrogens with one attached hydrogen (secondary N) is 1. The third-order valence-corrected chi connectivity index (χ3v) is 5.69. The molecule has 2 aromatic rings. The van der Waals surface area contributed by atoms with E-state index in [2.05, 4.69) is 15.0 Å². The van der Waals surface area contributed by atoms with E-state index in [-0.39, 0.29) is 5.91 Å². The van der Waals surface area contributed by atoms with E-state index < -0.39 is 0 Å². The Morgan fingerprint density at radius 3 is 3.07 bits per heavy atom. The fourth-order valence-corrected chi connectivity index (χ4v) is 4.21. The van der Waals surface area contributed by atoms with Crippen LogP contribution in [0.4, 0.5) is 5.82 Å². The fraction of sp³-hybridized carbons (Fsp3) is 0.421. The minimum atomic E-state index is 0.0567. The summed E-state index contributed by atoms with van der Waals surface area (Å²) in [7, 11) is 1.65. The molecule has 2 aliphatic heterocycles. The molecule has 1 amide bonds. The fourth-order valence-electron chi connectivity index (χ4n) is 3.25. The van der Waals surface area contributed by atoms with Gasteiger partial charge in [-0.3, -0.25) is 4.79 Å². The lowest BCUT2D eigenvalue weighted by Crippen LogP contribution is -2.37. The molecule has 0 unspecified atom stereocenters. The molecule has 0 radical (unpaired) electrons. The number of aromatic nitrogens is 3. The van der Waals surface area contributed by atoms with E-state index >= 15 is 0 Å². The Morgan fingerprint density at radius 2 is 2.25 bits per heavy atom. The number of aromatic amines is 1. The van der Waals surface area contributed by atoms with Gasteiger partial charge in [-0.25, -0.2) is 9.97 Å². The zero-order chi connectivity index (χ0) is 19.3. The van der Waals surface area contributed by atoms with Crippen molar-refractivity contribution in [2.75, 3.05) is 50.6 Å². The minimum absolute atomic E-state index is 0.0567. The van der Waals surface area contributed by atoms with Crippen LogP contribution >= 0.6 is 11.8 Å². The lowest BCUT2D eigenvalue weighted by atomic mass is 10.2. The summed E-state index contributed by atoms with van der Waals surface area (Å²) in [4.78, 5) is 29.4. The molecule has 0 saturated carbocycles. The highest BCUT2D eigenvalue weighted by Gasteiger charge is 2.25. The number of rotatable bonds is 6. The Labute approximate surface area is 167 Å². The highest BCUT2D eigenvalue weighted by atomic mass is 32.2. The molecule has 0 fully saturated rings. The Bertz CT molecular complexity index is 910. The lowest BCUT2D eigenvalue weighted by molar-refractivity contribution is -0.126. The number of amides is 1. The first kappa shape index (κ1) is 18.8. The number of hydrogen-bond donors (Lipinski definition) is 1. The quantitative estimate of drug-likeness (QED) is 0.743. The molecule has 4 heterocycles. The first-order chi connectivity index (χ1) is 13.8. The van der Waals surface area contributed by atoms with Crippen LogP contribution in [0.3, 0.4) is 0 Å². The smallest absolute Gasteiger partial charge is 0.262 e. The van der Waals surface area contributed by atoms with Crippen LogP contribution in [-0.2, 0) is 14.3 Å². The first-order valence-electron chi connectivity index (χ1n) is 9.25. The number of carbonyl (C=O) groups excluding carboxylic acids is 1. The molecule has 8 nitrogen and oxygen atoms in total. The van der Waals surface area contributed by atoms with Gasteiger partial charge in [0.05, 0.1) is 22.7 Å². The molecule has 0 saturated heterocycles. The van der Waals surface area contributed by atoms with Crippen LogP contribution in [-0.4, -0.2) is 71.5 Å². The number of methoxy groups -OCH3 is 1. The van der Waals surface area contributed by atoms with E-state index in [1.54, 1.807) is 25.2 Å². The van der Waals surface area contributed by atoms with Crippen LogP contribution in [0.25, 0.3) is 11.0 Å². The number of H-pyrrole nitrogens is 1. The van der Waals surface area contributed by atoms with Gasteiger partial charge in [0, 0.05) is 51.3 Å². The van der Waals surface area contributed by atoms with E-state index in [4.69, 9.17) is 9.47 Å². The van der Waals surface area contributed by atoms with Crippen molar-refractivity contribution in [1.82, 2.24) is 19.9 Å². The van der Waals surface area contributed by atoms with Crippen molar-refractivity contribution in [2.45, 2.75) is 6.42 Å². The maximum Gasteiger partial charge on any atom is 0.262 e. The average molecular weight is 401 g/mol. The Morgan fingerprint density at radius 1 is 1.32 bits per heavy atom. The van der Waals surface area contributed by atoms with E-state index in [1.807, 2.05) is 34.3 Å². The number of ether oxygens (including phenoxy) is 2. The molecular formula is C19H23N5O3S. The van der Waals surface area contributed by atoms with Crippen molar-refractivity contribution >= 4 is 34.5 Å². The molecule has 2 aromatic heterocycles. The van der Waals surface area contributed by atoms with Gasteiger partial charge in [0.15, 0.2) is 0 Å². The van der Waals surface area contributed by atoms with Gasteiger partial charge in [-0.1, -0.05) is 0 Å². The summed E-state index contributed by atoms with van der Waals surface area (Å²) in [5.74, 6) is 2.65. The molecule has 0 bridgehead atoms. The Balaban J connectivity index is 1.45. The minimum Gasteiger partial charge on any atom is -0.496 e. The zero-order valence-corrected chi connectivity index (χ0v) is 16.6. The summed E-state index contributed by atoms with van der Waals surface area (Å²) in [5.41, 5.74) is 0.798. The van der Waals surface area contributed by atoms with Gasteiger partial charge >= 0.3 is 0 Å². The molecule has 2 aliphatic rings. The van der Waals surface area contributed by atoms with Crippen LogP contribution in [0.2, 0.25) is 0 Å². The van der Waals surface area contributed by atoms with E-state index in [1.165, 1.54) is 0 Å². The lowest BCUT2D eigenvalue weighted by Gasteiger charge is -2.30. The van der Waals surface area contributed by atoms with Gasteiger partial charge in [-0.2, -0.15) is 0 Å². The summed E-state index contributed by atoms with van der Waals surface area (Å²) < 4.78 is 10.7. The van der Waals surface area contributed by atoms with Gasteiger partial charge in [0.25, 0.3) is 5.91 Å². The Kier molecular flexibility index (Phi) is 5.82. The largest absolute Gasteiger partial charge is 0.496 e. The molecule has 0 aromatic carbocycles. The number of thioether (sulfide) groups is 1. The molecule has 4 rings (SSSR count). The predicted octanol–water partition coefficient (Wildman–Crippen LogP) is 2.13. The van der Waals surface area contributed by atoms with Gasteiger partial charge in [-0.15, -0.1) is 11.8 Å². The third-order valence-electron chi connectivity index (χ3n) is 4.71. The number of carbonyl (C=O) groups is 1. The van der Waals surface area contributed by atoms with Crippen LogP contribution < -0.4 is 4.90 Å². The standard InChI is InChI=1S/C19H23N5O3S/c1-26-9-10-27-14-3-6-23(7-4-14)19(25)16-12-24(8-11-28-16)18-15-2-5-20-17(15)21-13-22-18/h2-3,5,12-13H,4,6-11H2,1H3,(H,20,21,22). The summed E-state index contributed by atoms with van der Waals surface area (Å²) in [5, 5.41) is 0.955. The molecule has 28 heavy (non-hydrogen) atoms. The van der Waals surface area contributed by atoms with Crippen molar-refractivity contribution in [3.63, 3.8) is 0 Å². The van der Waals surface area contributed by atoms with Crippen LogP contribution in [0.1, 0.15) is 6.42 Å². The van der Waals surface area contributed by atoms with Crippen molar-refractivity contribution in [3.8, 4) is 0 Å². The van der Waals surface area contributed by atoms with Gasteiger partial charge in [-0.05, 0) is 12.1 Å². The van der Waals surface area contributed by atoms with Crippen LogP contribution in [0, 0.1) is 0 Å². The second kappa shape index (κ2) is 8.66. The summed E-state index contributed by atoms with van der Waals surface area (Å²) >= 11 is 1.60. The van der Waals surface area contributed by atoms with Crippen molar-refractivity contribution in [3.05, 3.63) is 41.5 Å². The van der Waals surface area contributed by atoms with Gasteiger partial charge < -0.3 is 24.3 Å². The predicted molar refractivity (Wildman–Crippen MR) is 109 cm³/mol. The SMILES string of the molecule is COCCOC1=CCN(C(=O)C2=CN(c3ncnc4[nH]ccc34)CCS2)CC1. The molecule has 0 spiro atoms. The third kappa shape index (κ3) is 4.00. The van der Waals surface area contributed by atoms with Crippen LogP contribution in [0.15, 0.2) is 41.5 Å². The highest BCUT2D eigenvalue weighted by Crippen LogP contribution is 2.30. The number of hydrogen-bond acceptors (Lipinski definition) is 7. The van der Waals surface area contributed by atoms with Gasteiger partial charge in [0.2, 0.25) is 0 Å². The maximum absolute atomic E-state index is 13.0.